The summed E-state index contributed by atoms with van der Waals surface area (Å²) >= 11 is 0. The first kappa shape index (κ1) is 20.2. The van der Waals surface area contributed by atoms with E-state index >= 15 is 0 Å². The molecule has 28 heavy (non-hydrogen) atoms. The number of carbonyl (C=O) groups excluding carboxylic acids is 1. The molecule has 1 amide bonds. The summed E-state index contributed by atoms with van der Waals surface area (Å²) in [6.45, 7) is 2.77. The number of carbonyl (C=O) groups is 1. The van der Waals surface area contributed by atoms with Crippen LogP contribution in [0.15, 0.2) is 59.5 Å². The number of anilines is 1. The van der Waals surface area contributed by atoms with Crippen molar-refractivity contribution in [3.63, 3.8) is 0 Å². The van der Waals surface area contributed by atoms with E-state index in [-0.39, 0.29) is 17.3 Å². The molecule has 2 aromatic rings. The summed E-state index contributed by atoms with van der Waals surface area (Å²) < 4.78 is 32.9. The number of piperazine rings is 1. The molecule has 1 heterocycles. The van der Waals surface area contributed by atoms with Crippen molar-refractivity contribution in [2.75, 3.05) is 51.2 Å². The minimum atomic E-state index is -3.90. The quantitative estimate of drug-likeness (QED) is 0.749. The van der Waals surface area contributed by atoms with Crippen molar-refractivity contribution < 1.29 is 22.8 Å². The molecule has 0 unspecified atom stereocenters. The number of amides is 1. The molecule has 0 saturated carbocycles. The molecular formula is C20H26N3O4S+. The van der Waals surface area contributed by atoms with Crippen LogP contribution in [-0.2, 0) is 14.8 Å². The maximum absolute atomic E-state index is 13.3. The molecular weight excluding hydrogens is 378 g/mol. The highest BCUT2D eigenvalue weighted by molar-refractivity contribution is 7.92. The second kappa shape index (κ2) is 8.62. The van der Waals surface area contributed by atoms with Crippen LogP contribution in [0, 0.1) is 0 Å². The molecule has 1 fully saturated rings. The molecule has 1 aliphatic rings. The largest absolute Gasteiger partial charge is 0.497 e. The van der Waals surface area contributed by atoms with Crippen LogP contribution in [0.2, 0.25) is 0 Å². The van der Waals surface area contributed by atoms with Crippen molar-refractivity contribution in [2.45, 2.75) is 4.90 Å². The SMILES string of the molecule is COc1ccc(S(=O)(=O)N(CC(=O)N2CC[NH+](C)CC2)c2ccccc2)cc1. The topological polar surface area (TPSA) is 71.4 Å². The summed E-state index contributed by atoms with van der Waals surface area (Å²) in [5.41, 5.74) is 0.464. The van der Waals surface area contributed by atoms with Gasteiger partial charge in [-0.3, -0.25) is 9.10 Å². The third-order valence-corrected chi connectivity index (χ3v) is 6.73. The minimum Gasteiger partial charge on any atom is -0.497 e. The van der Waals surface area contributed by atoms with Gasteiger partial charge in [-0.15, -0.1) is 0 Å². The number of rotatable bonds is 6. The van der Waals surface area contributed by atoms with Crippen LogP contribution in [0.3, 0.4) is 0 Å². The summed E-state index contributed by atoms with van der Waals surface area (Å²) in [7, 11) is -0.285. The van der Waals surface area contributed by atoms with Gasteiger partial charge in [-0.25, -0.2) is 8.42 Å². The monoisotopic (exact) mass is 404 g/mol. The lowest BCUT2D eigenvalue weighted by Gasteiger charge is -2.32. The van der Waals surface area contributed by atoms with E-state index in [1.54, 1.807) is 41.3 Å². The Morgan fingerprint density at radius 2 is 1.68 bits per heavy atom. The highest BCUT2D eigenvalue weighted by Crippen LogP contribution is 2.25. The Balaban J connectivity index is 1.89. The molecule has 0 aliphatic carbocycles. The number of nitrogens with one attached hydrogen (secondary N) is 1. The van der Waals surface area contributed by atoms with E-state index in [1.807, 2.05) is 6.07 Å². The third kappa shape index (κ3) is 4.45. The highest BCUT2D eigenvalue weighted by atomic mass is 32.2. The Hall–Kier alpha value is -2.58. The zero-order valence-electron chi connectivity index (χ0n) is 16.2. The first-order valence-corrected chi connectivity index (χ1v) is 10.7. The molecule has 0 atom stereocenters. The normalized spacial score (nSPS) is 15.3. The second-order valence-electron chi connectivity index (χ2n) is 6.86. The smallest absolute Gasteiger partial charge is 0.264 e. The van der Waals surface area contributed by atoms with Gasteiger partial charge in [0.2, 0.25) is 5.91 Å². The molecule has 0 radical (unpaired) electrons. The van der Waals surface area contributed by atoms with Gasteiger partial charge in [-0.05, 0) is 36.4 Å². The molecule has 1 aliphatic heterocycles. The fraction of sp³-hybridized carbons (Fsp3) is 0.350. The van der Waals surface area contributed by atoms with E-state index in [9.17, 15) is 13.2 Å². The van der Waals surface area contributed by atoms with E-state index in [2.05, 4.69) is 7.05 Å². The van der Waals surface area contributed by atoms with Crippen molar-refractivity contribution in [2.24, 2.45) is 0 Å². The van der Waals surface area contributed by atoms with Crippen LogP contribution >= 0.6 is 0 Å². The number of hydrogen-bond acceptors (Lipinski definition) is 4. The average molecular weight is 405 g/mol. The van der Waals surface area contributed by atoms with E-state index in [0.717, 1.165) is 13.1 Å². The maximum atomic E-state index is 13.3. The fourth-order valence-corrected chi connectivity index (χ4v) is 4.56. The predicted octanol–water partition coefficient (Wildman–Crippen LogP) is 0.247. The summed E-state index contributed by atoms with van der Waals surface area (Å²) in [6.07, 6.45) is 0. The van der Waals surface area contributed by atoms with Crippen molar-refractivity contribution in [1.29, 1.82) is 0 Å². The number of nitrogens with zero attached hydrogens (tertiary/aromatic N) is 2. The van der Waals surface area contributed by atoms with Crippen LogP contribution in [0.25, 0.3) is 0 Å². The van der Waals surface area contributed by atoms with Gasteiger partial charge in [-0.1, -0.05) is 18.2 Å². The molecule has 0 bridgehead atoms. The van der Waals surface area contributed by atoms with Crippen molar-refractivity contribution in [1.82, 2.24) is 4.90 Å². The van der Waals surface area contributed by atoms with E-state index < -0.39 is 10.0 Å². The van der Waals surface area contributed by atoms with Crippen molar-refractivity contribution >= 4 is 21.6 Å². The Bertz CT molecular complexity index is 893. The molecule has 8 heteroatoms. The van der Waals surface area contributed by atoms with E-state index in [0.29, 0.717) is 24.5 Å². The Morgan fingerprint density at radius 3 is 2.25 bits per heavy atom. The second-order valence-corrected chi connectivity index (χ2v) is 8.72. The van der Waals surface area contributed by atoms with Crippen LogP contribution in [0.5, 0.6) is 5.75 Å². The number of quaternary nitrogens is 1. The molecule has 0 spiro atoms. The number of methoxy groups -OCH3 is 1. The van der Waals surface area contributed by atoms with Crippen LogP contribution in [0.4, 0.5) is 5.69 Å². The predicted molar refractivity (Wildman–Crippen MR) is 107 cm³/mol. The first-order valence-electron chi connectivity index (χ1n) is 9.23. The zero-order chi connectivity index (χ0) is 20.1. The average Bonchev–Trinajstić information content (AvgIpc) is 2.73. The molecule has 3 rings (SSSR count). The minimum absolute atomic E-state index is 0.118. The van der Waals surface area contributed by atoms with Gasteiger partial charge >= 0.3 is 0 Å². The zero-order valence-corrected chi connectivity index (χ0v) is 17.0. The molecule has 7 nitrogen and oxygen atoms in total. The van der Waals surface area contributed by atoms with Crippen molar-refractivity contribution in [3.8, 4) is 5.75 Å². The van der Waals surface area contributed by atoms with Gasteiger partial charge in [-0.2, -0.15) is 0 Å². The van der Waals surface area contributed by atoms with Crippen LogP contribution in [-0.4, -0.2) is 66.1 Å². The lowest BCUT2D eigenvalue weighted by Crippen LogP contribution is -3.12. The summed E-state index contributed by atoms with van der Waals surface area (Å²) in [6, 6.07) is 14.9. The van der Waals surface area contributed by atoms with Gasteiger partial charge < -0.3 is 14.5 Å². The lowest BCUT2D eigenvalue weighted by molar-refractivity contribution is -0.883. The number of hydrogen-bond donors (Lipinski definition) is 1. The van der Waals surface area contributed by atoms with Gasteiger partial charge in [0.05, 0.1) is 50.9 Å². The van der Waals surface area contributed by atoms with E-state index in [4.69, 9.17) is 4.74 Å². The summed E-state index contributed by atoms with van der Waals surface area (Å²) in [4.78, 5) is 16.1. The maximum Gasteiger partial charge on any atom is 0.264 e. The fourth-order valence-electron chi connectivity index (χ4n) is 3.14. The van der Waals surface area contributed by atoms with Gasteiger partial charge in [0.15, 0.2) is 0 Å². The number of likely N-dealkylation sites (N-methyl/N-ethyl adjacent to an activating group) is 1. The van der Waals surface area contributed by atoms with Gasteiger partial charge in [0.25, 0.3) is 10.0 Å². The van der Waals surface area contributed by atoms with Crippen LogP contribution in [0.1, 0.15) is 0 Å². The first-order chi connectivity index (χ1) is 13.4. The molecule has 1 saturated heterocycles. The molecule has 2 aromatic carbocycles. The van der Waals surface area contributed by atoms with Gasteiger partial charge in [0, 0.05) is 0 Å². The van der Waals surface area contributed by atoms with Crippen molar-refractivity contribution in [3.05, 3.63) is 54.6 Å². The standard InChI is InChI=1S/C20H25N3O4S/c1-21-12-14-22(15-13-21)20(24)16-23(17-6-4-3-5-7-17)28(25,26)19-10-8-18(27-2)9-11-19/h3-11H,12-16H2,1-2H3/p+1. The number of ether oxygens (including phenoxy) is 1. The Morgan fingerprint density at radius 1 is 1.07 bits per heavy atom. The summed E-state index contributed by atoms with van der Waals surface area (Å²) in [5.74, 6) is 0.384. The van der Waals surface area contributed by atoms with Crippen LogP contribution < -0.4 is 13.9 Å². The Labute approximate surface area is 166 Å². The summed E-state index contributed by atoms with van der Waals surface area (Å²) in [5, 5.41) is 0. The van der Waals surface area contributed by atoms with Gasteiger partial charge in [0.1, 0.15) is 12.3 Å². The third-order valence-electron chi connectivity index (χ3n) is 4.94. The highest BCUT2D eigenvalue weighted by Gasteiger charge is 2.30. The van der Waals surface area contributed by atoms with E-state index in [1.165, 1.54) is 28.4 Å². The Kier molecular flexibility index (Phi) is 6.21. The number of para-hydroxylation sites is 1. The molecule has 150 valence electrons. The molecule has 1 N–H and O–H groups in total. The number of benzene rings is 2. The number of sulfonamides is 1. The molecule has 0 aromatic heterocycles. The lowest BCUT2D eigenvalue weighted by atomic mass is 10.3.